The standard InChI is InChI=1S/C22H23F3N4O4/c1-2-33-15-9-7-14(8-10-15)20(31)27-11-12-28-21(32)16(19(26)22(23,24)25)13-29-17-5-3-4-6-18(17)30/h3-10,13,30H,2,11-12,26H2,1H3,(H,27,31)(H,28,32). The van der Waals surface area contributed by atoms with Crippen LogP contribution in [-0.2, 0) is 4.79 Å². The average molecular weight is 464 g/mol. The largest absolute Gasteiger partial charge is 0.506 e. The summed E-state index contributed by atoms with van der Waals surface area (Å²) < 4.78 is 44.5. The van der Waals surface area contributed by atoms with E-state index in [-0.39, 0.29) is 24.5 Å². The fourth-order valence-corrected chi connectivity index (χ4v) is 2.53. The van der Waals surface area contributed by atoms with Gasteiger partial charge in [0.25, 0.3) is 11.8 Å². The molecule has 0 radical (unpaired) electrons. The molecular formula is C22H23F3N4O4. The maximum absolute atomic E-state index is 13.1. The first-order chi connectivity index (χ1) is 15.6. The highest BCUT2D eigenvalue weighted by Gasteiger charge is 2.35. The molecule has 2 amide bonds. The minimum atomic E-state index is -4.97. The molecule has 33 heavy (non-hydrogen) atoms. The number of hydrogen-bond acceptors (Lipinski definition) is 6. The molecule has 0 bridgehead atoms. The van der Waals surface area contributed by atoms with Crippen LogP contribution in [0.2, 0.25) is 0 Å². The van der Waals surface area contributed by atoms with Crippen molar-refractivity contribution in [3.8, 4) is 11.5 Å². The van der Waals surface area contributed by atoms with Gasteiger partial charge in [-0.05, 0) is 43.3 Å². The van der Waals surface area contributed by atoms with E-state index in [1.165, 1.54) is 24.3 Å². The predicted molar refractivity (Wildman–Crippen MR) is 116 cm³/mol. The van der Waals surface area contributed by atoms with Crippen LogP contribution in [-0.4, -0.2) is 49.0 Å². The third kappa shape index (κ3) is 7.56. The van der Waals surface area contributed by atoms with E-state index in [1.807, 2.05) is 6.92 Å². The molecule has 0 aliphatic carbocycles. The number of carbonyl (C=O) groups excluding carboxylic acids is 2. The molecule has 0 aliphatic heterocycles. The minimum Gasteiger partial charge on any atom is -0.506 e. The van der Waals surface area contributed by atoms with Crippen LogP contribution in [0, 0.1) is 0 Å². The van der Waals surface area contributed by atoms with Crippen molar-refractivity contribution < 1.29 is 32.6 Å². The van der Waals surface area contributed by atoms with Crippen LogP contribution < -0.4 is 21.1 Å². The summed E-state index contributed by atoms with van der Waals surface area (Å²) in [6, 6.07) is 12.0. The zero-order chi connectivity index (χ0) is 24.4. The van der Waals surface area contributed by atoms with Gasteiger partial charge in [0.05, 0.1) is 12.2 Å². The quantitative estimate of drug-likeness (QED) is 0.258. The van der Waals surface area contributed by atoms with E-state index >= 15 is 0 Å². The lowest BCUT2D eigenvalue weighted by Gasteiger charge is -2.12. The molecule has 11 heteroatoms. The van der Waals surface area contributed by atoms with Crippen LogP contribution in [0.4, 0.5) is 18.9 Å². The Bertz CT molecular complexity index is 1030. The second-order valence-corrected chi connectivity index (χ2v) is 6.54. The number of benzene rings is 2. The van der Waals surface area contributed by atoms with Crippen molar-refractivity contribution in [2.45, 2.75) is 13.1 Å². The van der Waals surface area contributed by atoms with Crippen LogP contribution in [0.25, 0.3) is 0 Å². The third-order valence-electron chi connectivity index (χ3n) is 4.18. The summed E-state index contributed by atoms with van der Waals surface area (Å²) >= 11 is 0. The van der Waals surface area contributed by atoms with E-state index in [4.69, 9.17) is 10.5 Å². The van der Waals surface area contributed by atoms with Gasteiger partial charge in [-0.15, -0.1) is 0 Å². The molecule has 0 unspecified atom stereocenters. The number of phenolic OH excluding ortho intramolecular Hbond substituents is 1. The lowest BCUT2D eigenvalue weighted by Crippen LogP contribution is -2.37. The van der Waals surface area contributed by atoms with Gasteiger partial charge in [-0.3, -0.25) is 14.6 Å². The average Bonchev–Trinajstić information content (AvgIpc) is 2.77. The molecule has 2 rings (SSSR count). The summed E-state index contributed by atoms with van der Waals surface area (Å²) in [5, 5.41) is 14.5. The van der Waals surface area contributed by atoms with Gasteiger partial charge < -0.3 is 26.2 Å². The third-order valence-corrected chi connectivity index (χ3v) is 4.18. The van der Waals surface area contributed by atoms with Crippen LogP contribution in [0.5, 0.6) is 11.5 Å². The number of carbonyl (C=O) groups is 2. The summed E-state index contributed by atoms with van der Waals surface area (Å²) in [6.07, 6.45) is -4.34. The van der Waals surface area contributed by atoms with E-state index in [9.17, 15) is 27.9 Å². The fourth-order valence-electron chi connectivity index (χ4n) is 2.53. The van der Waals surface area contributed by atoms with Crippen molar-refractivity contribution in [3.05, 3.63) is 65.4 Å². The summed E-state index contributed by atoms with van der Waals surface area (Å²) in [7, 11) is 0. The number of nitrogens with two attached hydrogens (primary N) is 1. The number of aromatic hydroxyl groups is 1. The van der Waals surface area contributed by atoms with Gasteiger partial charge in [0.1, 0.15) is 22.9 Å². The smallest absolute Gasteiger partial charge is 0.431 e. The number of amides is 2. The summed E-state index contributed by atoms with van der Waals surface area (Å²) in [5.74, 6) is -1.25. The van der Waals surface area contributed by atoms with Crippen LogP contribution in [0.1, 0.15) is 17.3 Å². The Hall–Kier alpha value is -4.02. The molecule has 0 aliphatic rings. The van der Waals surface area contributed by atoms with Gasteiger partial charge in [-0.2, -0.15) is 13.2 Å². The number of aliphatic imine (C=N–C) groups is 1. The van der Waals surface area contributed by atoms with Crippen molar-refractivity contribution in [2.24, 2.45) is 10.7 Å². The molecule has 0 spiro atoms. The fraction of sp³-hybridized carbons (Fsp3) is 0.227. The maximum atomic E-state index is 13.1. The highest BCUT2D eigenvalue weighted by molar-refractivity contribution is 6.13. The van der Waals surface area contributed by atoms with E-state index in [1.54, 1.807) is 24.3 Å². The predicted octanol–water partition coefficient (Wildman–Crippen LogP) is 2.81. The molecule has 0 saturated heterocycles. The van der Waals surface area contributed by atoms with E-state index in [2.05, 4.69) is 15.6 Å². The van der Waals surface area contributed by atoms with Crippen LogP contribution >= 0.6 is 0 Å². The van der Waals surface area contributed by atoms with Crippen LogP contribution in [0.3, 0.4) is 0 Å². The maximum Gasteiger partial charge on any atom is 0.431 e. The Labute approximate surface area is 188 Å². The number of alkyl halides is 3. The first-order valence-corrected chi connectivity index (χ1v) is 9.81. The van der Waals surface area contributed by atoms with Gasteiger partial charge in [-0.25, -0.2) is 0 Å². The molecule has 0 heterocycles. The molecule has 0 fully saturated rings. The number of allylic oxidation sites excluding steroid dienone is 1. The first kappa shape index (κ1) is 25.2. The zero-order valence-electron chi connectivity index (χ0n) is 17.6. The van der Waals surface area contributed by atoms with E-state index < -0.39 is 29.3 Å². The molecule has 2 aromatic carbocycles. The van der Waals surface area contributed by atoms with E-state index in [0.717, 1.165) is 0 Å². The normalized spacial score (nSPS) is 12.2. The van der Waals surface area contributed by atoms with Gasteiger partial charge in [-0.1, -0.05) is 12.1 Å². The Balaban J connectivity index is 2.00. The van der Waals surface area contributed by atoms with Gasteiger partial charge in [0.2, 0.25) is 0 Å². The topological polar surface area (TPSA) is 126 Å². The second kappa shape index (κ2) is 11.6. The molecule has 0 saturated carbocycles. The number of ether oxygens (including phenoxy) is 1. The minimum absolute atomic E-state index is 0.0413. The number of phenols is 1. The van der Waals surface area contributed by atoms with Crippen molar-refractivity contribution in [1.29, 1.82) is 0 Å². The molecule has 176 valence electrons. The molecule has 0 aromatic heterocycles. The number of para-hydroxylation sites is 2. The van der Waals surface area contributed by atoms with Crippen molar-refractivity contribution in [3.63, 3.8) is 0 Å². The van der Waals surface area contributed by atoms with Crippen molar-refractivity contribution >= 4 is 23.7 Å². The Kier molecular flexibility index (Phi) is 8.84. The number of rotatable bonds is 9. The van der Waals surface area contributed by atoms with Gasteiger partial charge in [0.15, 0.2) is 0 Å². The lowest BCUT2D eigenvalue weighted by molar-refractivity contribution is -0.118. The number of nitrogens with zero attached hydrogens (tertiary/aromatic N) is 1. The summed E-state index contributed by atoms with van der Waals surface area (Å²) in [5.41, 5.74) is 2.86. The van der Waals surface area contributed by atoms with Crippen molar-refractivity contribution in [1.82, 2.24) is 10.6 Å². The molecule has 5 N–H and O–H groups in total. The molecule has 0 atom stereocenters. The zero-order valence-corrected chi connectivity index (χ0v) is 17.6. The molecule has 2 aromatic rings. The Morgan fingerprint density at radius 1 is 1.09 bits per heavy atom. The first-order valence-electron chi connectivity index (χ1n) is 9.81. The van der Waals surface area contributed by atoms with Gasteiger partial charge >= 0.3 is 6.18 Å². The SMILES string of the molecule is CCOc1ccc(C(=O)NCCNC(=O)C(C=Nc2ccccc2O)=C(N)C(F)(F)F)cc1. The highest BCUT2D eigenvalue weighted by atomic mass is 19.4. The van der Waals surface area contributed by atoms with Crippen LogP contribution in [0.15, 0.2) is 64.8 Å². The van der Waals surface area contributed by atoms with Gasteiger partial charge in [0, 0.05) is 24.9 Å². The van der Waals surface area contributed by atoms with Crippen molar-refractivity contribution in [2.75, 3.05) is 19.7 Å². The van der Waals surface area contributed by atoms with E-state index in [0.29, 0.717) is 24.1 Å². The number of nitrogens with one attached hydrogen (secondary N) is 2. The monoisotopic (exact) mass is 464 g/mol. The summed E-state index contributed by atoms with van der Waals surface area (Å²) in [6.45, 7) is 2.10. The lowest BCUT2D eigenvalue weighted by atomic mass is 10.2. The summed E-state index contributed by atoms with van der Waals surface area (Å²) in [4.78, 5) is 28.2. The Morgan fingerprint density at radius 3 is 2.33 bits per heavy atom. The Morgan fingerprint density at radius 2 is 1.73 bits per heavy atom. The second-order valence-electron chi connectivity index (χ2n) is 6.54. The highest BCUT2D eigenvalue weighted by Crippen LogP contribution is 2.27. The molecule has 8 nitrogen and oxygen atoms in total. The molecular weight excluding hydrogens is 441 g/mol. The number of hydrogen-bond donors (Lipinski definition) is 4. The number of halogens is 3.